The molecule has 30 heavy (non-hydrogen) atoms. The third kappa shape index (κ3) is 5.91. The van der Waals surface area contributed by atoms with Crippen LogP contribution in [0.2, 0.25) is 5.02 Å². The molecule has 0 atom stereocenters. The van der Waals surface area contributed by atoms with Crippen LogP contribution in [0.25, 0.3) is 0 Å². The van der Waals surface area contributed by atoms with Crippen LogP contribution < -0.4 is 14.8 Å². The molecule has 0 saturated heterocycles. The normalized spacial score (nSPS) is 11.1. The van der Waals surface area contributed by atoms with Gasteiger partial charge in [-0.05, 0) is 42.8 Å². The minimum absolute atomic E-state index is 0.0300. The number of carbonyl (C=O) groups is 1. The first-order valence-corrected chi connectivity index (χ1v) is 11.5. The molecule has 0 aliphatic carbocycles. The zero-order valence-corrected chi connectivity index (χ0v) is 17.9. The lowest BCUT2D eigenvalue weighted by atomic mass is 10.2. The molecule has 7 nitrogen and oxygen atoms in total. The van der Waals surface area contributed by atoms with E-state index in [0.29, 0.717) is 12.1 Å². The molecule has 0 aliphatic rings. The van der Waals surface area contributed by atoms with Crippen molar-refractivity contribution in [3.8, 4) is 5.75 Å². The Hall–Kier alpha value is -2.69. The van der Waals surface area contributed by atoms with E-state index < -0.39 is 15.8 Å². The quantitative estimate of drug-likeness (QED) is 0.448. The predicted octanol–water partition coefficient (Wildman–Crippen LogP) is 4.53. The molecule has 0 radical (unpaired) electrons. The van der Waals surface area contributed by atoms with Gasteiger partial charge in [0.2, 0.25) is 5.91 Å². The summed E-state index contributed by atoms with van der Waals surface area (Å²) in [5, 5.41) is 4.57. The molecule has 0 fully saturated rings. The Balaban J connectivity index is 1.47. The second-order valence-corrected chi connectivity index (χ2v) is 9.00. The fraction of sp³-hybridized carbons (Fsp3) is 0.158. The third-order valence-electron chi connectivity index (χ3n) is 3.82. The van der Waals surface area contributed by atoms with Gasteiger partial charge in [-0.2, -0.15) is 0 Å². The maximum atomic E-state index is 13.7. The Bertz CT molecular complexity index is 1110. The summed E-state index contributed by atoms with van der Waals surface area (Å²) in [7, 11) is -3.75. The van der Waals surface area contributed by atoms with Crippen LogP contribution >= 0.6 is 22.9 Å². The Morgan fingerprint density at radius 1 is 1.20 bits per heavy atom. The minimum Gasteiger partial charge on any atom is -0.490 e. The monoisotopic (exact) mass is 469 g/mol. The highest BCUT2D eigenvalue weighted by Gasteiger charge is 2.15. The number of hydrogen-bond donors (Lipinski definition) is 2. The van der Waals surface area contributed by atoms with E-state index >= 15 is 0 Å². The van der Waals surface area contributed by atoms with Gasteiger partial charge in [-0.1, -0.05) is 17.7 Å². The largest absolute Gasteiger partial charge is 0.490 e. The van der Waals surface area contributed by atoms with Crippen molar-refractivity contribution in [3.05, 3.63) is 64.9 Å². The number of halogens is 2. The molecule has 0 spiro atoms. The maximum absolute atomic E-state index is 13.7. The first kappa shape index (κ1) is 22.0. The molecule has 11 heteroatoms. The van der Waals surface area contributed by atoms with Crippen LogP contribution in [0.5, 0.6) is 5.75 Å². The number of anilines is 2. The summed E-state index contributed by atoms with van der Waals surface area (Å²) >= 11 is 6.85. The van der Waals surface area contributed by atoms with Gasteiger partial charge in [-0.25, -0.2) is 17.8 Å². The smallest absolute Gasteiger partial charge is 0.263 e. The van der Waals surface area contributed by atoms with Gasteiger partial charge < -0.3 is 10.1 Å². The van der Waals surface area contributed by atoms with Crippen molar-refractivity contribution in [1.82, 2.24) is 4.98 Å². The van der Waals surface area contributed by atoms with E-state index in [9.17, 15) is 17.6 Å². The van der Waals surface area contributed by atoms with Crippen LogP contribution in [0.1, 0.15) is 12.8 Å². The summed E-state index contributed by atoms with van der Waals surface area (Å²) in [6.45, 7) is 0.143. The molecule has 1 aromatic heterocycles. The van der Waals surface area contributed by atoms with E-state index in [1.54, 1.807) is 11.4 Å². The number of ether oxygens (including phenoxy) is 1. The van der Waals surface area contributed by atoms with E-state index in [1.165, 1.54) is 53.9 Å². The number of sulfonamides is 1. The summed E-state index contributed by atoms with van der Waals surface area (Å²) in [6.07, 6.45) is 2.01. The first-order chi connectivity index (χ1) is 14.3. The standard InChI is InChI=1S/C19H17ClFN3O4S2/c20-15-3-1-4-16(18(15)21)28-11-2-5-17(25)23-13-6-8-14(9-7-13)30(26,27)24-19-22-10-12-29-19/h1,3-4,6-10,12H,2,5,11H2,(H,22,24)(H,23,25). The van der Waals surface area contributed by atoms with E-state index in [-0.39, 0.29) is 39.7 Å². The van der Waals surface area contributed by atoms with Gasteiger partial charge in [-0.3, -0.25) is 9.52 Å². The van der Waals surface area contributed by atoms with E-state index in [1.807, 2.05) is 0 Å². The lowest BCUT2D eigenvalue weighted by molar-refractivity contribution is -0.116. The average molecular weight is 470 g/mol. The van der Waals surface area contributed by atoms with E-state index in [0.717, 1.165) is 0 Å². The summed E-state index contributed by atoms with van der Waals surface area (Å²) in [6, 6.07) is 10.2. The molecule has 0 bridgehead atoms. The average Bonchev–Trinajstić information content (AvgIpc) is 3.21. The zero-order valence-electron chi connectivity index (χ0n) is 15.5. The van der Waals surface area contributed by atoms with Gasteiger partial charge >= 0.3 is 0 Å². The molecule has 2 N–H and O–H groups in total. The molecule has 0 saturated carbocycles. The number of rotatable bonds is 9. The number of thiazole rings is 1. The van der Waals surface area contributed by atoms with Gasteiger partial charge in [0.25, 0.3) is 10.0 Å². The number of benzene rings is 2. The molecule has 3 rings (SSSR count). The highest BCUT2D eigenvalue weighted by atomic mass is 35.5. The van der Waals surface area contributed by atoms with E-state index in [2.05, 4.69) is 15.0 Å². The van der Waals surface area contributed by atoms with Crippen molar-refractivity contribution in [2.75, 3.05) is 16.6 Å². The van der Waals surface area contributed by atoms with Crippen molar-refractivity contribution in [2.24, 2.45) is 0 Å². The summed E-state index contributed by atoms with van der Waals surface area (Å²) in [5.74, 6) is -0.879. The van der Waals surface area contributed by atoms with Gasteiger partial charge in [0.15, 0.2) is 16.7 Å². The second kappa shape index (κ2) is 9.88. The SMILES string of the molecule is O=C(CCCOc1cccc(Cl)c1F)Nc1ccc(S(=O)(=O)Nc2nccs2)cc1. The summed E-state index contributed by atoms with van der Waals surface area (Å²) < 4.78 is 46.0. The van der Waals surface area contributed by atoms with Gasteiger partial charge in [-0.15, -0.1) is 11.3 Å². The molecular weight excluding hydrogens is 453 g/mol. The molecule has 1 amide bonds. The summed E-state index contributed by atoms with van der Waals surface area (Å²) in [4.78, 5) is 16.0. The molecule has 1 heterocycles. The second-order valence-electron chi connectivity index (χ2n) is 6.02. The van der Waals surface area contributed by atoms with Gasteiger partial charge in [0.1, 0.15) is 0 Å². The van der Waals surface area contributed by atoms with Crippen LogP contribution in [0.4, 0.5) is 15.2 Å². The zero-order chi connectivity index (χ0) is 21.6. The summed E-state index contributed by atoms with van der Waals surface area (Å²) in [5.41, 5.74) is 0.454. The van der Waals surface area contributed by atoms with Crippen LogP contribution in [0.15, 0.2) is 58.9 Å². The molecular formula is C19H17ClFN3O4S2. The number of hydrogen-bond acceptors (Lipinski definition) is 6. The molecule has 3 aromatic rings. The van der Waals surface area contributed by atoms with Crippen molar-refractivity contribution in [3.63, 3.8) is 0 Å². The van der Waals surface area contributed by atoms with Gasteiger partial charge in [0, 0.05) is 23.7 Å². The number of amides is 1. The topological polar surface area (TPSA) is 97.4 Å². The fourth-order valence-corrected chi connectivity index (χ4v) is 4.35. The highest BCUT2D eigenvalue weighted by molar-refractivity contribution is 7.93. The number of carbonyl (C=O) groups excluding carboxylic acids is 1. The number of nitrogens with zero attached hydrogens (tertiary/aromatic N) is 1. The molecule has 0 aliphatic heterocycles. The van der Waals surface area contributed by atoms with E-state index in [4.69, 9.17) is 16.3 Å². The minimum atomic E-state index is -3.75. The van der Waals surface area contributed by atoms with Crippen molar-refractivity contribution in [1.29, 1.82) is 0 Å². The van der Waals surface area contributed by atoms with Crippen molar-refractivity contribution in [2.45, 2.75) is 17.7 Å². The first-order valence-electron chi connectivity index (χ1n) is 8.74. The third-order valence-corrected chi connectivity index (χ3v) is 6.29. The molecule has 158 valence electrons. The molecule has 0 unspecified atom stereocenters. The Labute approximate surface area is 181 Å². The highest BCUT2D eigenvalue weighted by Crippen LogP contribution is 2.24. The number of aromatic nitrogens is 1. The van der Waals surface area contributed by atoms with Gasteiger partial charge in [0.05, 0.1) is 16.5 Å². The fourth-order valence-electron chi connectivity index (χ4n) is 2.40. The Kier molecular flexibility index (Phi) is 7.24. The Morgan fingerprint density at radius 3 is 2.67 bits per heavy atom. The predicted molar refractivity (Wildman–Crippen MR) is 114 cm³/mol. The lowest BCUT2D eigenvalue weighted by Gasteiger charge is -2.09. The van der Waals surface area contributed by atoms with Crippen LogP contribution in [0, 0.1) is 5.82 Å². The molecule has 2 aromatic carbocycles. The Morgan fingerprint density at radius 2 is 1.97 bits per heavy atom. The maximum Gasteiger partial charge on any atom is 0.263 e. The van der Waals surface area contributed by atoms with Crippen LogP contribution in [-0.2, 0) is 14.8 Å². The lowest BCUT2D eigenvalue weighted by Crippen LogP contribution is -2.14. The van der Waals surface area contributed by atoms with Crippen molar-refractivity contribution < 1.29 is 22.3 Å². The van der Waals surface area contributed by atoms with Crippen molar-refractivity contribution >= 4 is 49.7 Å². The number of nitrogens with one attached hydrogen (secondary N) is 2. The van der Waals surface area contributed by atoms with Crippen LogP contribution in [-0.4, -0.2) is 25.9 Å². The van der Waals surface area contributed by atoms with Crippen LogP contribution in [0.3, 0.4) is 0 Å².